The van der Waals surface area contributed by atoms with E-state index in [9.17, 15) is 24.7 Å². The van der Waals surface area contributed by atoms with E-state index in [1.54, 1.807) is 19.1 Å². The van der Waals surface area contributed by atoms with E-state index in [0.29, 0.717) is 6.42 Å². The van der Waals surface area contributed by atoms with Crippen molar-refractivity contribution in [1.29, 1.82) is 0 Å². The molecule has 1 saturated heterocycles. The number of carbonyl (C=O) groups is 1. The van der Waals surface area contributed by atoms with Gasteiger partial charge in [0.05, 0.1) is 6.61 Å². The summed E-state index contributed by atoms with van der Waals surface area (Å²) in [5, 5.41) is 24.9. The van der Waals surface area contributed by atoms with Crippen LogP contribution in [0.1, 0.15) is 33.4 Å². The first kappa shape index (κ1) is 30.8. The van der Waals surface area contributed by atoms with Crippen molar-refractivity contribution in [2.45, 2.75) is 57.4 Å². The van der Waals surface area contributed by atoms with Gasteiger partial charge in [0.15, 0.2) is 18.0 Å². The van der Waals surface area contributed by atoms with Gasteiger partial charge < -0.3 is 35.1 Å². The van der Waals surface area contributed by atoms with E-state index in [1.807, 2.05) is 13.8 Å². The largest absolute Gasteiger partial charge is 0.575 e. The Morgan fingerprint density at radius 1 is 1.35 bits per heavy atom. The number of aliphatic hydroxyl groups excluding tert-OH is 2. The molecule has 0 radical (unpaired) electrons. The molecule has 4 N–H and O–H groups in total. The zero-order valence-electron chi connectivity index (χ0n) is 21.9. The lowest BCUT2D eigenvalue weighted by Crippen LogP contribution is -2.46. The Bertz CT molecular complexity index is 1330. The highest BCUT2D eigenvalue weighted by Gasteiger charge is 2.56. The molecule has 16 nitrogen and oxygen atoms in total. The summed E-state index contributed by atoms with van der Waals surface area (Å²) in [6.45, 7) is 4.88. The number of para-hydroxylation sites is 2. The van der Waals surface area contributed by atoms with Crippen LogP contribution >= 0.6 is 8.17 Å². The molecule has 0 bridgehead atoms. The third-order valence-corrected chi connectivity index (χ3v) is 6.51. The van der Waals surface area contributed by atoms with Gasteiger partial charge in [-0.2, -0.15) is 4.98 Å². The van der Waals surface area contributed by atoms with Gasteiger partial charge in [-0.3, -0.25) is 9.09 Å². The number of hydrogen-bond donors (Lipinski definition) is 3. The SMILES string of the molecule is CCOC(=O)[C@H](CC(C)C)N=[P+]([O-])Oc1ccccc1OC[C@@]1(N=[N+]=[N-])O[C@@H](n2ccc(N)nc2=O)[C@H](O)[C@@H]1O. The van der Waals surface area contributed by atoms with Crippen LogP contribution in [0, 0.1) is 5.92 Å². The van der Waals surface area contributed by atoms with Gasteiger partial charge in [-0.15, -0.1) is 0 Å². The van der Waals surface area contributed by atoms with Crippen molar-refractivity contribution in [1.82, 2.24) is 9.55 Å². The Morgan fingerprint density at radius 2 is 2.05 bits per heavy atom. The monoisotopic (exact) mass is 579 g/mol. The number of aliphatic hydroxyl groups is 2. The fourth-order valence-corrected chi connectivity index (χ4v) is 4.62. The number of anilines is 1. The molecule has 1 aliphatic rings. The molecule has 3 rings (SSSR count). The van der Waals surface area contributed by atoms with Gasteiger partial charge in [-0.05, 0) is 43.0 Å². The summed E-state index contributed by atoms with van der Waals surface area (Å²) >= 11 is 0. The minimum atomic E-state index is -2.75. The first-order valence-corrected chi connectivity index (χ1v) is 13.3. The van der Waals surface area contributed by atoms with Crippen LogP contribution in [-0.4, -0.2) is 62.9 Å². The molecular formula is C23H30N7O9P. The number of esters is 1. The molecule has 40 heavy (non-hydrogen) atoms. The van der Waals surface area contributed by atoms with E-state index in [2.05, 4.69) is 19.8 Å². The van der Waals surface area contributed by atoms with E-state index in [-0.39, 0.29) is 29.8 Å². The second kappa shape index (κ2) is 13.5. The van der Waals surface area contributed by atoms with Gasteiger partial charge in [0, 0.05) is 11.1 Å². The van der Waals surface area contributed by atoms with Crippen molar-refractivity contribution in [3.05, 3.63) is 57.5 Å². The normalized spacial score (nSPS) is 23.4. The Morgan fingerprint density at radius 3 is 2.67 bits per heavy atom. The van der Waals surface area contributed by atoms with Crippen LogP contribution in [0.3, 0.4) is 0 Å². The average Bonchev–Trinajstić information content (AvgIpc) is 3.13. The molecule has 1 aromatic heterocycles. The second-order valence-corrected chi connectivity index (χ2v) is 9.99. The van der Waals surface area contributed by atoms with Gasteiger partial charge in [-0.25, -0.2) is 9.59 Å². The zero-order chi connectivity index (χ0) is 29.4. The average molecular weight is 580 g/mol. The summed E-state index contributed by atoms with van der Waals surface area (Å²) < 4.78 is 26.7. The Balaban J connectivity index is 1.83. The number of benzene rings is 1. The Labute approximate surface area is 229 Å². The first-order chi connectivity index (χ1) is 19.0. The smallest absolute Gasteiger partial charge is 0.395 e. The molecule has 0 spiro atoms. The van der Waals surface area contributed by atoms with Crippen LogP contribution in [-0.2, 0) is 14.3 Å². The molecule has 1 aromatic carbocycles. The molecule has 2 heterocycles. The number of ether oxygens (including phenoxy) is 3. The van der Waals surface area contributed by atoms with E-state index in [0.717, 1.165) is 4.57 Å². The number of nitrogens with two attached hydrogens (primary N) is 1. The van der Waals surface area contributed by atoms with E-state index < -0.39 is 56.6 Å². The van der Waals surface area contributed by atoms with Crippen LogP contribution in [0.4, 0.5) is 5.82 Å². The van der Waals surface area contributed by atoms with Crippen LogP contribution in [0.2, 0.25) is 0 Å². The summed E-state index contributed by atoms with van der Waals surface area (Å²) in [5.74, 6) is -0.687. The molecule has 2 aromatic rings. The zero-order valence-corrected chi connectivity index (χ0v) is 22.8. The number of hydrogen-bond acceptors (Lipinski definition) is 13. The lowest BCUT2D eigenvalue weighted by Gasteiger charge is -2.26. The fourth-order valence-electron chi connectivity index (χ4n) is 3.84. The summed E-state index contributed by atoms with van der Waals surface area (Å²) in [5.41, 5.74) is 11.6. The fraction of sp³-hybridized carbons (Fsp3) is 0.522. The molecule has 6 atom stereocenters. The van der Waals surface area contributed by atoms with E-state index in [1.165, 1.54) is 24.4 Å². The van der Waals surface area contributed by atoms with Gasteiger partial charge >= 0.3 is 19.8 Å². The first-order valence-electron chi connectivity index (χ1n) is 12.2. The number of azide groups is 1. The number of rotatable bonds is 12. The third-order valence-electron chi connectivity index (χ3n) is 5.69. The van der Waals surface area contributed by atoms with Crippen LogP contribution in [0.5, 0.6) is 11.5 Å². The van der Waals surface area contributed by atoms with Crippen molar-refractivity contribution < 1.29 is 38.6 Å². The van der Waals surface area contributed by atoms with E-state index >= 15 is 0 Å². The molecule has 17 heteroatoms. The minimum Gasteiger partial charge on any atom is -0.575 e. The van der Waals surface area contributed by atoms with Crippen molar-refractivity contribution in [3.8, 4) is 11.5 Å². The summed E-state index contributed by atoms with van der Waals surface area (Å²) in [6.07, 6.45) is -3.56. The highest BCUT2D eigenvalue weighted by atomic mass is 31.1. The molecular weight excluding hydrogens is 549 g/mol. The highest BCUT2D eigenvalue weighted by molar-refractivity contribution is 7.34. The maximum atomic E-state index is 12.7. The number of carbonyl (C=O) groups excluding carboxylic acids is 1. The van der Waals surface area contributed by atoms with Gasteiger partial charge in [0.25, 0.3) is 0 Å². The van der Waals surface area contributed by atoms with Gasteiger partial charge in [0.2, 0.25) is 11.5 Å². The van der Waals surface area contributed by atoms with Crippen molar-refractivity contribution >= 4 is 20.0 Å². The predicted molar refractivity (Wildman–Crippen MR) is 139 cm³/mol. The summed E-state index contributed by atoms with van der Waals surface area (Å²) in [7, 11) is -2.75. The maximum Gasteiger partial charge on any atom is 0.395 e. The van der Waals surface area contributed by atoms with Gasteiger partial charge in [0.1, 0.15) is 24.6 Å². The number of nitrogen functional groups attached to an aromatic ring is 1. The summed E-state index contributed by atoms with van der Waals surface area (Å²) in [4.78, 5) is 43.5. The second-order valence-electron chi connectivity index (χ2n) is 9.10. The molecule has 0 amide bonds. The van der Waals surface area contributed by atoms with Crippen molar-refractivity contribution in [2.24, 2.45) is 15.8 Å². The Hall–Kier alpha value is -3.78. The number of nitrogens with zero attached hydrogens (tertiary/aromatic N) is 6. The predicted octanol–water partition coefficient (Wildman–Crippen LogP) is 1.37. The van der Waals surface area contributed by atoms with E-state index in [4.69, 9.17) is 30.0 Å². The molecule has 1 fully saturated rings. The molecule has 0 saturated carbocycles. The van der Waals surface area contributed by atoms with Crippen molar-refractivity contribution in [2.75, 3.05) is 18.9 Å². The topological polar surface area (TPSA) is 240 Å². The molecule has 216 valence electrons. The molecule has 1 aliphatic heterocycles. The van der Waals surface area contributed by atoms with Crippen LogP contribution in [0.15, 0.2) is 51.2 Å². The highest BCUT2D eigenvalue weighted by Crippen LogP contribution is 2.40. The Kier molecular flexibility index (Phi) is 10.4. The third kappa shape index (κ3) is 7.24. The number of aromatic nitrogens is 2. The lowest BCUT2D eigenvalue weighted by atomic mass is 10.1. The maximum absolute atomic E-state index is 12.7. The molecule has 1 unspecified atom stereocenters. The van der Waals surface area contributed by atoms with Crippen LogP contribution in [0.25, 0.3) is 10.4 Å². The van der Waals surface area contributed by atoms with Crippen molar-refractivity contribution in [3.63, 3.8) is 0 Å². The standard InChI is InChI=1S/C23H30N7O9P/c1-4-36-21(33)14(11-13(2)3)27-40(35)39-16-8-6-5-7-15(16)37-12-23(28-29-25)19(32)18(31)20(38-23)30-10-9-17(24)26-22(30)34/h5-10,13-14,18-20,31-32H,4,11-12H2,1-3H3,(H2,24,26,34)/t14-,18+,19-,20+,23+/m0/s1. The molecule has 0 aliphatic carbocycles. The van der Waals surface area contributed by atoms with Crippen LogP contribution < -0.4 is 25.6 Å². The lowest BCUT2D eigenvalue weighted by molar-refractivity contribution is -0.170. The summed E-state index contributed by atoms with van der Waals surface area (Å²) in [6, 6.07) is 6.26. The quantitative estimate of drug-likeness (QED) is 0.107. The minimum absolute atomic E-state index is 0.00910. The van der Waals surface area contributed by atoms with Gasteiger partial charge in [-0.1, -0.05) is 35.8 Å².